The van der Waals surface area contributed by atoms with E-state index in [4.69, 9.17) is 5.73 Å². The first-order chi connectivity index (χ1) is 7.49. The maximum Gasteiger partial charge on any atom is 0.180 e. The van der Waals surface area contributed by atoms with Crippen molar-refractivity contribution in [2.75, 3.05) is 5.73 Å². The third-order valence-electron chi connectivity index (χ3n) is 2.31. The van der Waals surface area contributed by atoms with Gasteiger partial charge in [-0.05, 0) is 6.92 Å². The maximum atomic E-state index is 5.68. The molecule has 2 aromatic rings. The summed E-state index contributed by atoms with van der Waals surface area (Å²) in [4.78, 5) is 9.72. The molecule has 0 atom stereocenters. The lowest BCUT2D eigenvalue weighted by Crippen LogP contribution is -1.95. The molecular weight excluding hydrogens is 222 g/mol. The summed E-state index contributed by atoms with van der Waals surface area (Å²) in [5.74, 6) is 2.02. The summed E-state index contributed by atoms with van der Waals surface area (Å²) in [6.45, 7) is 6.09. The van der Waals surface area contributed by atoms with Crippen LogP contribution in [0, 0.1) is 6.92 Å². The first-order valence-electron chi connectivity index (χ1n) is 5.13. The second kappa shape index (κ2) is 3.86. The Morgan fingerprint density at radius 2 is 2.00 bits per heavy atom. The van der Waals surface area contributed by atoms with Gasteiger partial charge in [-0.25, -0.2) is 14.6 Å². The van der Waals surface area contributed by atoms with E-state index in [2.05, 4.69) is 28.9 Å². The van der Waals surface area contributed by atoms with E-state index in [1.54, 1.807) is 4.68 Å². The van der Waals surface area contributed by atoms with Gasteiger partial charge in [-0.2, -0.15) is 5.10 Å². The van der Waals surface area contributed by atoms with Gasteiger partial charge in [-0.1, -0.05) is 25.2 Å². The van der Waals surface area contributed by atoms with Crippen LogP contribution in [-0.2, 0) is 7.05 Å². The van der Waals surface area contributed by atoms with Crippen LogP contribution in [0.4, 0.5) is 5.13 Å². The molecule has 2 heterocycles. The predicted octanol–water partition coefficient (Wildman–Crippen LogP) is 1.95. The number of nitrogens with zero attached hydrogens (tertiary/aromatic N) is 4. The van der Waals surface area contributed by atoms with E-state index in [0.717, 1.165) is 22.2 Å². The van der Waals surface area contributed by atoms with E-state index in [9.17, 15) is 0 Å². The summed E-state index contributed by atoms with van der Waals surface area (Å²) in [5.41, 5.74) is 6.59. The van der Waals surface area contributed by atoms with Gasteiger partial charge in [-0.3, -0.25) is 0 Å². The second-order valence-electron chi connectivity index (χ2n) is 4.04. The molecule has 0 radical (unpaired) electrons. The summed E-state index contributed by atoms with van der Waals surface area (Å²) in [7, 11) is 1.89. The van der Waals surface area contributed by atoms with Crippen LogP contribution < -0.4 is 5.73 Å². The SMILES string of the molecule is Cc1nc(N)sc1-c1nc(C(C)C)nn1C. The van der Waals surface area contributed by atoms with Crippen molar-refractivity contribution in [3.8, 4) is 10.7 Å². The van der Waals surface area contributed by atoms with Gasteiger partial charge in [0.2, 0.25) is 0 Å². The third kappa shape index (κ3) is 1.80. The molecule has 0 spiro atoms. The van der Waals surface area contributed by atoms with Crippen LogP contribution in [0.1, 0.15) is 31.3 Å². The van der Waals surface area contributed by atoms with Crippen molar-refractivity contribution in [3.05, 3.63) is 11.5 Å². The van der Waals surface area contributed by atoms with Gasteiger partial charge in [0.1, 0.15) is 0 Å². The molecule has 0 bridgehead atoms. The Kier molecular flexibility index (Phi) is 2.67. The average molecular weight is 237 g/mol. The third-order valence-corrected chi connectivity index (χ3v) is 3.29. The molecule has 16 heavy (non-hydrogen) atoms. The van der Waals surface area contributed by atoms with E-state index in [1.807, 2.05) is 14.0 Å². The summed E-state index contributed by atoms with van der Waals surface area (Å²) >= 11 is 1.45. The molecule has 86 valence electrons. The Bertz CT molecular complexity index is 511. The Labute approximate surface area is 98.3 Å². The van der Waals surface area contributed by atoms with Crippen molar-refractivity contribution in [2.45, 2.75) is 26.7 Å². The minimum atomic E-state index is 0.325. The van der Waals surface area contributed by atoms with Gasteiger partial charge in [-0.15, -0.1) is 0 Å². The molecule has 0 aliphatic rings. The average Bonchev–Trinajstić information content (AvgIpc) is 2.69. The number of aryl methyl sites for hydroxylation is 2. The zero-order valence-corrected chi connectivity index (χ0v) is 10.7. The van der Waals surface area contributed by atoms with Gasteiger partial charge in [0.15, 0.2) is 16.8 Å². The molecule has 0 fully saturated rings. The Balaban J connectivity index is 2.52. The highest BCUT2D eigenvalue weighted by Gasteiger charge is 2.16. The van der Waals surface area contributed by atoms with Crippen LogP contribution in [0.3, 0.4) is 0 Å². The number of hydrogen-bond acceptors (Lipinski definition) is 5. The zero-order chi connectivity index (χ0) is 11.9. The number of anilines is 1. The molecule has 0 saturated heterocycles. The van der Waals surface area contributed by atoms with Crippen LogP contribution in [0.5, 0.6) is 0 Å². The van der Waals surface area contributed by atoms with E-state index in [1.165, 1.54) is 11.3 Å². The largest absolute Gasteiger partial charge is 0.375 e. The summed E-state index contributed by atoms with van der Waals surface area (Å²) in [6, 6.07) is 0. The molecule has 2 rings (SSSR count). The van der Waals surface area contributed by atoms with Gasteiger partial charge in [0.05, 0.1) is 10.6 Å². The molecule has 0 aromatic carbocycles. The number of nitrogens with two attached hydrogens (primary N) is 1. The Morgan fingerprint density at radius 1 is 1.31 bits per heavy atom. The van der Waals surface area contributed by atoms with Crippen molar-refractivity contribution in [1.29, 1.82) is 0 Å². The molecule has 2 aromatic heterocycles. The molecule has 2 N–H and O–H groups in total. The Morgan fingerprint density at radius 3 is 2.44 bits per heavy atom. The first kappa shape index (κ1) is 11.1. The number of rotatable bonds is 2. The summed E-state index contributed by atoms with van der Waals surface area (Å²) in [6.07, 6.45) is 0. The van der Waals surface area contributed by atoms with Crippen LogP contribution >= 0.6 is 11.3 Å². The van der Waals surface area contributed by atoms with Crippen LogP contribution in [0.15, 0.2) is 0 Å². The monoisotopic (exact) mass is 237 g/mol. The quantitative estimate of drug-likeness (QED) is 0.866. The van der Waals surface area contributed by atoms with Gasteiger partial charge >= 0.3 is 0 Å². The fraction of sp³-hybridized carbons (Fsp3) is 0.500. The minimum Gasteiger partial charge on any atom is -0.375 e. The number of thiazole rings is 1. The Hall–Kier alpha value is -1.43. The molecule has 0 saturated carbocycles. The van der Waals surface area contributed by atoms with Crippen molar-refractivity contribution in [2.24, 2.45) is 7.05 Å². The molecule has 0 aliphatic carbocycles. The highest BCUT2D eigenvalue weighted by Crippen LogP contribution is 2.30. The van der Waals surface area contributed by atoms with E-state index in [-0.39, 0.29) is 0 Å². The lowest BCUT2D eigenvalue weighted by atomic mass is 10.2. The van der Waals surface area contributed by atoms with Crippen molar-refractivity contribution in [1.82, 2.24) is 19.7 Å². The first-order valence-corrected chi connectivity index (χ1v) is 5.95. The molecule has 5 nitrogen and oxygen atoms in total. The minimum absolute atomic E-state index is 0.325. The van der Waals surface area contributed by atoms with Crippen LogP contribution in [0.25, 0.3) is 10.7 Å². The molecular formula is C10H15N5S. The topological polar surface area (TPSA) is 69.6 Å². The van der Waals surface area contributed by atoms with Gasteiger partial charge < -0.3 is 5.73 Å². The zero-order valence-electron chi connectivity index (χ0n) is 9.85. The van der Waals surface area contributed by atoms with Crippen molar-refractivity contribution in [3.63, 3.8) is 0 Å². The highest BCUT2D eigenvalue weighted by atomic mass is 32.1. The molecule has 6 heteroatoms. The number of hydrogen-bond donors (Lipinski definition) is 1. The molecule has 0 amide bonds. The fourth-order valence-electron chi connectivity index (χ4n) is 1.47. The van der Waals surface area contributed by atoms with Gasteiger partial charge in [0.25, 0.3) is 0 Å². The normalized spacial score (nSPS) is 11.3. The summed E-state index contributed by atoms with van der Waals surface area (Å²) < 4.78 is 1.79. The van der Waals surface area contributed by atoms with E-state index in [0.29, 0.717) is 11.0 Å². The van der Waals surface area contributed by atoms with Crippen molar-refractivity contribution < 1.29 is 0 Å². The number of nitrogen functional groups attached to an aromatic ring is 1. The smallest absolute Gasteiger partial charge is 0.180 e. The van der Waals surface area contributed by atoms with Gasteiger partial charge in [0, 0.05) is 13.0 Å². The maximum absolute atomic E-state index is 5.68. The standard InChI is InChI=1S/C10H15N5S/c1-5(2)8-13-9(15(4)14-8)7-6(3)12-10(11)16-7/h5H,1-4H3,(H2,11,12). The fourth-order valence-corrected chi connectivity index (χ4v) is 2.33. The van der Waals surface area contributed by atoms with E-state index < -0.39 is 0 Å². The van der Waals surface area contributed by atoms with Crippen LogP contribution in [0.2, 0.25) is 0 Å². The molecule has 0 aliphatic heterocycles. The number of aromatic nitrogens is 4. The molecule has 0 unspecified atom stereocenters. The highest BCUT2D eigenvalue weighted by molar-refractivity contribution is 7.18. The van der Waals surface area contributed by atoms with E-state index >= 15 is 0 Å². The lowest BCUT2D eigenvalue weighted by Gasteiger charge is -1.95. The van der Waals surface area contributed by atoms with Crippen LogP contribution in [-0.4, -0.2) is 19.7 Å². The predicted molar refractivity (Wildman–Crippen MR) is 65.3 cm³/mol. The summed E-state index contributed by atoms with van der Waals surface area (Å²) in [5, 5.41) is 4.95. The van der Waals surface area contributed by atoms with Crippen molar-refractivity contribution >= 4 is 16.5 Å². The lowest BCUT2D eigenvalue weighted by molar-refractivity contribution is 0.712. The second-order valence-corrected chi connectivity index (χ2v) is 5.07.